The summed E-state index contributed by atoms with van der Waals surface area (Å²) in [5.74, 6) is 0.487. The van der Waals surface area contributed by atoms with Crippen LogP contribution in [0.1, 0.15) is 61.8 Å². The summed E-state index contributed by atoms with van der Waals surface area (Å²) in [6.07, 6.45) is -1.09. The van der Waals surface area contributed by atoms with E-state index >= 15 is 0 Å². The molecule has 1 atom stereocenters. The van der Waals surface area contributed by atoms with Gasteiger partial charge in [-0.25, -0.2) is 0 Å². The molecular weight excluding hydrogens is 323 g/mol. The van der Waals surface area contributed by atoms with Gasteiger partial charge >= 0.3 is 6.18 Å². The molecule has 0 spiro atoms. The van der Waals surface area contributed by atoms with E-state index in [1.165, 1.54) is 17.7 Å². The molecule has 1 heterocycles. The molecule has 0 aromatic heterocycles. The molecule has 0 radical (unpaired) electrons. The van der Waals surface area contributed by atoms with Crippen molar-refractivity contribution in [2.24, 2.45) is 0 Å². The van der Waals surface area contributed by atoms with Gasteiger partial charge in [-0.3, -0.25) is 0 Å². The van der Waals surface area contributed by atoms with E-state index < -0.39 is 11.7 Å². The number of rotatable bonds is 3. The summed E-state index contributed by atoms with van der Waals surface area (Å²) in [7, 11) is 0. The highest BCUT2D eigenvalue weighted by atomic mass is 19.4. The Kier molecular flexibility index (Phi) is 5.07. The van der Waals surface area contributed by atoms with Crippen molar-refractivity contribution in [1.29, 1.82) is 0 Å². The highest BCUT2D eigenvalue weighted by molar-refractivity contribution is 5.51. The van der Waals surface area contributed by atoms with Gasteiger partial charge in [0.2, 0.25) is 0 Å². The van der Waals surface area contributed by atoms with Crippen LogP contribution in [-0.2, 0) is 6.18 Å². The monoisotopic (exact) mass is 347 g/mol. The number of hydrogen-bond donors (Lipinski definition) is 0. The molecule has 1 nitrogen and oxygen atoms in total. The van der Waals surface area contributed by atoms with Gasteiger partial charge in [0.1, 0.15) is 0 Å². The Bertz CT molecular complexity index is 687. The summed E-state index contributed by atoms with van der Waals surface area (Å²) >= 11 is 0. The van der Waals surface area contributed by atoms with Crippen LogP contribution in [0, 0.1) is 0 Å². The molecule has 2 aromatic rings. The molecule has 0 N–H and O–H groups in total. The maximum absolute atomic E-state index is 12.8. The standard InChI is InChI=1S/C21H24F3N/c1-15(2)16-8-12-19(13-9-16)25-14-4-3-5-20(25)17-6-10-18(11-7-17)21(22,23)24/h6-13,15,20H,3-5,14H2,1-2H3/t20-/m1/s1. The molecular formula is C21H24F3N. The maximum Gasteiger partial charge on any atom is 0.416 e. The molecule has 3 rings (SSSR count). The Morgan fingerprint density at radius 2 is 1.56 bits per heavy atom. The van der Waals surface area contributed by atoms with Crippen LogP contribution in [0.2, 0.25) is 0 Å². The van der Waals surface area contributed by atoms with Crippen molar-refractivity contribution >= 4 is 5.69 Å². The van der Waals surface area contributed by atoms with Crippen LogP contribution in [0.25, 0.3) is 0 Å². The average molecular weight is 347 g/mol. The minimum atomic E-state index is -4.28. The molecule has 25 heavy (non-hydrogen) atoms. The molecule has 0 unspecified atom stereocenters. The highest BCUT2D eigenvalue weighted by Crippen LogP contribution is 2.37. The minimum absolute atomic E-state index is 0.140. The van der Waals surface area contributed by atoms with Crippen molar-refractivity contribution in [3.05, 3.63) is 65.2 Å². The fraction of sp³-hybridized carbons (Fsp3) is 0.429. The molecule has 1 aliphatic heterocycles. The quantitative estimate of drug-likeness (QED) is 0.608. The minimum Gasteiger partial charge on any atom is -0.364 e. The smallest absolute Gasteiger partial charge is 0.364 e. The van der Waals surface area contributed by atoms with Crippen LogP contribution in [0.15, 0.2) is 48.5 Å². The summed E-state index contributed by atoms with van der Waals surface area (Å²) in [5, 5.41) is 0. The first kappa shape index (κ1) is 17.8. The summed E-state index contributed by atoms with van der Waals surface area (Å²) in [6, 6.07) is 14.4. The summed E-state index contributed by atoms with van der Waals surface area (Å²) < 4.78 is 38.4. The normalized spacial score (nSPS) is 18.6. The lowest BCUT2D eigenvalue weighted by Gasteiger charge is -2.38. The van der Waals surface area contributed by atoms with Gasteiger partial charge < -0.3 is 4.90 Å². The van der Waals surface area contributed by atoms with Gasteiger partial charge in [-0.05, 0) is 60.6 Å². The number of piperidine rings is 1. The van der Waals surface area contributed by atoms with Gasteiger partial charge in [0, 0.05) is 12.2 Å². The molecule has 0 bridgehead atoms. The molecule has 1 fully saturated rings. The molecule has 4 heteroatoms. The molecule has 1 aliphatic rings. The van der Waals surface area contributed by atoms with Crippen LogP contribution in [0.3, 0.4) is 0 Å². The zero-order valence-electron chi connectivity index (χ0n) is 14.7. The van der Waals surface area contributed by atoms with Crippen molar-refractivity contribution in [2.45, 2.75) is 51.2 Å². The third-order valence-corrected chi connectivity index (χ3v) is 5.02. The number of hydrogen-bond acceptors (Lipinski definition) is 1. The number of benzene rings is 2. The topological polar surface area (TPSA) is 3.24 Å². The fourth-order valence-corrected chi connectivity index (χ4v) is 3.53. The first-order chi connectivity index (χ1) is 11.9. The Hall–Kier alpha value is -1.97. The Labute approximate surface area is 147 Å². The van der Waals surface area contributed by atoms with Gasteiger partial charge in [-0.1, -0.05) is 38.1 Å². The third kappa shape index (κ3) is 4.00. The number of nitrogens with zero attached hydrogens (tertiary/aromatic N) is 1. The zero-order valence-corrected chi connectivity index (χ0v) is 14.7. The number of alkyl halides is 3. The van der Waals surface area contributed by atoms with Crippen LogP contribution in [-0.4, -0.2) is 6.54 Å². The van der Waals surface area contributed by atoms with E-state index in [-0.39, 0.29) is 6.04 Å². The molecule has 0 amide bonds. The molecule has 2 aromatic carbocycles. The van der Waals surface area contributed by atoms with Gasteiger partial charge in [-0.2, -0.15) is 13.2 Å². The van der Waals surface area contributed by atoms with E-state index in [0.717, 1.165) is 37.1 Å². The Morgan fingerprint density at radius 3 is 2.12 bits per heavy atom. The van der Waals surface area contributed by atoms with Crippen LogP contribution in [0.4, 0.5) is 18.9 Å². The van der Waals surface area contributed by atoms with Crippen LogP contribution >= 0.6 is 0 Å². The van der Waals surface area contributed by atoms with Crippen molar-refractivity contribution in [3.8, 4) is 0 Å². The first-order valence-electron chi connectivity index (χ1n) is 8.90. The molecule has 0 saturated carbocycles. The van der Waals surface area contributed by atoms with E-state index in [1.54, 1.807) is 12.1 Å². The predicted octanol–water partition coefficient (Wildman–Crippen LogP) is 6.56. The van der Waals surface area contributed by atoms with Gasteiger partial charge in [-0.15, -0.1) is 0 Å². The number of anilines is 1. The van der Waals surface area contributed by atoms with E-state index in [2.05, 4.69) is 43.0 Å². The lowest BCUT2D eigenvalue weighted by Crippen LogP contribution is -2.33. The van der Waals surface area contributed by atoms with E-state index in [0.29, 0.717) is 5.92 Å². The van der Waals surface area contributed by atoms with Crippen LogP contribution < -0.4 is 4.90 Å². The lowest BCUT2D eigenvalue weighted by atomic mass is 9.93. The van der Waals surface area contributed by atoms with E-state index in [4.69, 9.17) is 0 Å². The maximum atomic E-state index is 12.8. The second kappa shape index (κ2) is 7.11. The second-order valence-electron chi connectivity index (χ2n) is 7.07. The zero-order chi connectivity index (χ0) is 18.0. The van der Waals surface area contributed by atoms with E-state index in [1.807, 2.05) is 0 Å². The molecule has 1 saturated heterocycles. The Morgan fingerprint density at radius 1 is 0.920 bits per heavy atom. The molecule has 134 valence electrons. The van der Waals surface area contributed by atoms with Gasteiger partial charge in [0.15, 0.2) is 0 Å². The second-order valence-corrected chi connectivity index (χ2v) is 7.07. The van der Waals surface area contributed by atoms with Crippen LogP contribution in [0.5, 0.6) is 0 Å². The first-order valence-corrected chi connectivity index (χ1v) is 8.90. The van der Waals surface area contributed by atoms with Crippen molar-refractivity contribution in [1.82, 2.24) is 0 Å². The highest BCUT2D eigenvalue weighted by Gasteiger charge is 2.31. The SMILES string of the molecule is CC(C)c1ccc(N2CCCC[C@@H]2c2ccc(C(F)(F)F)cc2)cc1. The molecule has 0 aliphatic carbocycles. The lowest BCUT2D eigenvalue weighted by molar-refractivity contribution is -0.137. The van der Waals surface area contributed by atoms with Gasteiger partial charge in [0.05, 0.1) is 11.6 Å². The summed E-state index contributed by atoms with van der Waals surface area (Å²) in [4.78, 5) is 2.33. The van der Waals surface area contributed by atoms with Gasteiger partial charge in [0.25, 0.3) is 0 Å². The average Bonchev–Trinajstić information content (AvgIpc) is 2.61. The largest absolute Gasteiger partial charge is 0.416 e. The van der Waals surface area contributed by atoms with Crippen molar-refractivity contribution in [3.63, 3.8) is 0 Å². The third-order valence-electron chi connectivity index (χ3n) is 5.02. The Balaban J connectivity index is 1.85. The predicted molar refractivity (Wildman–Crippen MR) is 95.9 cm³/mol. The summed E-state index contributed by atoms with van der Waals surface area (Å²) in [5.41, 5.74) is 2.82. The number of halogens is 3. The fourth-order valence-electron chi connectivity index (χ4n) is 3.53. The summed E-state index contributed by atoms with van der Waals surface area (Å²) in [6.45, 7) is 5.27. The van der Waals surface area contributed by atoms with E-state index in [9.17, 15) is 13.2 Å². The van der Waals surface area contributed by atoms with Crippen molar-refractivity contribution < 1.29 is 13.2 Å². The van der Waals surface area contributed by atoms with Crippen molar-refractivity contribution in [2.75, 3.05) is 11.4 Å².